The first-order valence-corrected chi connectivity index (χ1v) is 9.20. The van der Waals surface area contributed by atoms with Crippen molar-refractivity contribution in [3.8, 4) is 0 Å². The highest BCUT2D eigenvalue weighted by molar-refractivity contribution is 5.90. The monoisotopic (exact) mass is 352 g/mol. The van der Waals surface area contributed by atoms with E-state index >= 15 is 0 Å². The maximum atomic E-state index is 12.3. The Hall–Kier alpha value is -2.31. The lowest BCUT2D eigenvalue weighted by atomic mass is 9.83. The van der Waals surface area contributed by atoms with Crippen molar-refractivity contribution in [1.82, 2.24) is 14.9 Å². The van der Waals surface area contributed by atoms with Gasteiger partial charge in [0.25, 0.3) is 0 Å². The first-order valence-electron chi connectivity index (χ1n) is 9.20. The third-order valence-electron chi connectivity index (χ3n) is 5.34. The van der Waals surface area contributed by atoms with E-state index in [1.807, 2.05) is 30.6 Å². The van der Waals surface area contributed by atoms with E-state index in [1.54, 1.807) is 12.4 Å². The van der Waals surface area contributed by atoms with Crippen LogP contribution in [0.3, 0.4) is 0 Å². The number of ether oxygens (including phenoxy) is 1. The SMILES string of the molecule is O=C(C[C@@H]1OC[C@H]2CN(Cc3cccnc3)CC[C@H]21)Nc1cccnc1. The van der Waals surface area contributed by atoms with Gasteiger partial charge in [-0.2, -0.15) is 0 Å². The molecule has 4 rings (SSSR count). The number of hydrogen-bond donors (Lipinski definition) is 1. The van der Waals surface area contributed by atoms with Crippen LogP contribution in [0.5, 0.6) is 0 Å². The van der Waals surface area contributed by atoms with Crippen LogP contribution in [0.1, 0.15) is 18.4 Å². The Morgan fingerprint density at radius 1 is 1.23 bits per heavy atom. The lowest BCUT2D eigenvalue weighted by Gasteiger charge is -2.35. The number of fused-ring (bicyclic) bond motifs is 1. The zero-order chi connectivity index (χ0) is 17.8. The molecule has 6 nitrogen and oxygen atoms in total. The van der Waals surface area contributed by atoms with E-state index in [2.05, 4.69) is 26.3 Å². The van der Waals surface area contributed by atoms with Gasteiger partial charge in [-0.3, -0.25) is 19.7 Å². The number of carbonyl (C=O) groups excluding carboxylic acids is 1. The minimum absolute atomic E-state index is 0.00133. The molecule has 2 saturated heterocycles. The summed E-state index contributed by atoms with van der Waals surface area (Å²) in [6.07, 6.45) is 8.61. The summed E-state index contributed by atoms with van der Waals surface area (Å²) in [4.78, 5) is 23.0. The Labute approximate surface area is 153 Å². The number of nitrogens with zero attached hydrogens (tertiary/aromatic N) is 3. The molecule has 4 heterocycles. The van der Waals surface area contributed by atoms with E-state index in [-0.39, 0.29) is 12.0 Å². The number of pyridine rings is 2. The first-order chi connectivity index (χ1) is 12.8. The van der Waals surface area contributed by atoms with Gasteiger partial charge in [-0.05, 0) is 42.6 Å². The number of amides is 1. The van der Waals surface area contributed by atoms with Gasteiger partial charge < -0.3 is 10.1 Å². The van der Waals surface area contributed by atoms with Gasteiger partial charge in [0.1, 0.15) is 0 Å². The highest BCUT2D eigenvalue weighted by Gasteiger charge is 2.41. The topological polar surface area (TPSA) is 67.3 Å². The number of aromatic nitrogens is 2. The van der Waals surface area contributed by atoms with Gasteiger partial charge in [0, 0.05) is 37.6 Å². The van der Waals surface area contributed by atoms with E-state index in [9.17, 15) is 4.79 Å². The molecule has 0 aromatic carbocycles. The van der Waals surface area contributed by atoms with E-state index in [0.717, 1.165) is 38.3 Å². The molecule has 136 valence electrons. The van der Waals surface area contributed by atoms with Crippen molar-refractivity contribution in [1.29, 1.82) is 0 Å². The third kappa shape index (κ3) is 4.08. The number of likely N-dealkylation sites (tertiary alicyclic amines) is 1. The van der Waals surface area contributed by atoms with Crippen molar-refractivity contribution >= 4 is 11.6 Å². The Kier molecular flexibility index (Phi) is 5.22. The first kappa shape index (κ1) is 17.1. The standard InChI is InChI=1S/C20H24N4O2/c25-20(23-17-4-2-7-22-11-17)9-19-18-5-8-24(13-16(18)14-26-19)12-15-3-1-6-21-10-15/h1-4,6-7,10-11,16,18-19H,5,8-9,12-14H2,(H,23,25)/t16-,18-,19+/m1/s1. The second-order valence-electron chi connectivity index (χ2n) is 7.17. The zero-order valence-corrected chi connectivity index (χ0v) is 14.8. The lowest BCUT2D eigenvalue weighted by molar-refractivity contribution is -0.118. The minimum Gasteiger partial charge on any atom is -0.377 e. The average Bonchev–Trinajstić information content (AvgIpc) is 3.05. The fourth-order valence-corrected chi connectivity index (χ4v) is 4.10. The van der Waals surface area contributed by atoms with Gasteiger partial charge in [-0.1, -0.05) is 6.07 Å². The zero-order valence-electron chi connectivity index (χ0n) is 14.8. The van der Waals surface area contributed by atoms with Crippen LogP contribution in [0.4, 0.5) is 5.69 Å². The number of carbonyl (C=O) groups is 1. The summed E-state index contributed by atoms with van der Waals surface area (Å²) in [5.74, 6) is 0.984. The van der Waals surface area contributed by atoms with E-state index < -0.39 is 0 Å². The van der Waals surface area contributed by atoms with E-state index in [4.69, 9.17) is 4.74 Å². The lowest BCUT2D eigenvalue weighted by Crippen LogP contribution is -2.41. The summed E-state index contributed by atoms with van der Waals surface area (Å²) in [5.41, 5.74) is 1.98. The van der Waals surface area contributed by atoms with E-state index in [0.29, 0.717) is 18.3 Å². The molecular weight excluding hydrogens is 328 g/mol. The van der Waals surface area contributed by atoms with Crippen LogP contribution < -0.4 is 5.32 Å². The summed E-state index contributed by atoms with van der Waals surface area (Å²) < 4.78 is 5.99. The predicted octanol–water partition coefficient (Wildman–Crippen LogP) is 2.34. The fourth-order valence-electron chi connectivity index (χ4n) is 4.10. The molecule has 2 aromatic rings. The van der Waals surface area contributed by atoms with E-state index in [1.165, 1.54) is 5.56 Å². The number of rotatable bonds is 5. The fraction of sp³-hybridized carbons (Fsp3) is 0.450. The molecule has 0 unspecified atom stereocenters. The van der Waals surface area contributed by atoms with Crippen molar-refractivity contribution in [2.75, 3.05) is 25.0 Å². The molecular formula is C20H24N4O2. The van der Waals surface area contributed by atoms with Gasteiger partial charge in [-0.25, -0.2) is 0 Å². The number of nitrogens with one attached hydrogen (secondary N) is 1. The quantitative estimate of drug-likeness (QED) is 0.895. The molecule has 26 heavy (non-hydrogen) atoms. The number of hydrogen-bond acceptors (Lipinski definition) is 5. The summed E-state index contributed by atoms with van der Waals surface area (Å²) in [5, 5.41) is 2.91. The number of anilines is 1. The van der Waals surface area contributed by atoms with Crippen LogP contribution in [-0.4, -0.2) is 46.6 Å². The van der Waals surface area contributed by atoms with Crippen molar-refractivity contribution < 1.29 is 9.53 Å². The normalized spacial score (nSPS) is 25.6. The van der Waals surface area contributed by atoms with Crippen molar-refractivity contribution in [3.05, 3.63) is 54.6 Å². The second-order valence-corrected chi connectivity index (χ2v) is 7.17. The van der Waals surface area contributed by atoms with Crippen molar-refractivity contribution in [3.63, 3.8) is 0 Å². The Balaban J connectivity index is 1.29. The maximum Gasteiger partial charge on any atom is 0.227 e. The molecule has 2 aliphatic rings. The van der Waals surface area contributed by atoms with Crippen LogP contribution in [0.15, 0.2) is 49.1 Å². The third-order valence-corrected chi connectivity index (χ3v) is 5.34. The Morgan fingerprint density at radius 2 is 2.08 bits per heavy atom. The Morgan fingerprint density at radius 3 is 2.85 bits per heavy atom. The largest absolute Gasteiger partial charge is 0.377 e. The van der Waals surface area contributed by atoms with Gasteiger partial charge in [0.15, 0.2) is 0 Å². The second kappa shape index (κ2) is 7.93. The number of piperidine rings is 1. The molecule has 0 radical (unpaired) electrons. The molecule has 6 heteroatoms. The summed E-state index contributed by atoms with van der Waals surface area (Å²) in [6, 6.07) is 7.77. The van der Waals surface area contributed by atoms with Gasteiger partial charge >= 0.3 is 0 Å². The summed E-state index contributed by atoms with van der Waals surface area (Å²) in [7, 11) is 0. The maximum absolute atomic E-state index is 12.3. The molecule has 0 spiro atoms. The molecule has 0 bridgehead atoms. The van der Waals surface area contributed by atoms with Crippen LogP contribution in [-0.2, 0) is 16.1 Å². The van der Waals surface area contributed by atoms with Crippen LogP contribution >= 0.6 is 0 Å². The van der Waals surface area contributed by atoms with Gasteiger partial charge in [0.2, 0.25) is 5.91 Å². The summed E-state index contributed by atoms with van der Waals surface area (Å²) in [6.45, 7) is 3.75. The minimum atomic E-state index is 0.00133. The molecule has 0 saturated carbocycles. The predicted molar refractivity (Wildman–Crippen MR) is 98.3 cm³/mol. The molecule has 3 atom stereocenters. The van der Waals surface area contributed by atoms with Crippen molar-refractivity contribution in [2.24, 2.45) is 11.8 Å². The highest BCUT2D eigenvalue weighted by atomic mass is 16.5. The van der Waals surface area contributed by atoms with Crippen LogP contribution in [0, 0.1) is 11.8 Å². The van der Waals surface area contributed by atoms with Crippen LogP contribution in [0.2, 0.25) is 0 Å². The Bertz CT molecular complexity index is 725. The summed E-state index contributed by atoms with van der Waals surface area (Å²) >= 11 is 0. The molecule has 1 N–H and O–H groups in total. The van der Waals surface area contributed by atoms with Gasteiger partial charge in [-0.15, -0.1) is 0 Å². The molecule has 0 aliphatic carbocycles. The molecule has 2 aromatic heterocycles. The highest BCUT2D eigenvalue weighted by Crippen LogP contribution is 2.36. The molecule has 2 fully saturated rings. The molecule has 2 aliphatic heterocycles. The average molecular weight is 352 g/mol. The van der Waals surface area contributed by atoms with Crippen molar-refractivity contribution in [2.45, 2.75) is 25.5 Å². The smallest absolute Gasteiger partial charge is 0.227 e. The molecule has 1 amide bonds. The van der Waals surface area contributed by atoms with Gasteiger partial charge in [0.05, 0.1) is 31.0 Å². The van der Waals surface area contributed by atoms with Crippen LogP contribution in [0.25, 0.3) is 0 Å².